The number of H-pyrrole nitrogens is 1. The van der Waals surface area contributed by atoms with E-state index in [1.165, 1.54) is 0 Å². The first kappa shape index (κ1) is 11.1. The topological polar surface area (TPSA) is 95.2 Å². The van der Waals surface area contributed by atoms with Crippen molar-refractivity contribution >= 4 is 11.0 Å². The maximum Gasteiger partial charge on any atom is 0.105 e. The number of aromatic nitrogens is 2. The van der Waals surface area contributed by atoms with Crippen molar-refractivity contribution in [2.75, 3.05) is 6.54 Å². The lowest BCUT2D eigenvalue weighted by Gasteiger charge is -2.17. The molecule has 2 atom stereocenters. The van der Waals surface area contributed by atoms with Crippen LogP contribution in [0.3, 0.4) is 0 Å². The number of hydrogen-bond acceptors (Lipinski definition) is 4. The second-order valence-electron chi connectivity index (χ2n) is 3.77. The van der Waals surface area contributed by atoms with Crippen LogP contribution in [0.15, 0.2) is 24.5 Å². The van der Waals surface area contributed by atoms with Gasteiger partial charge in [-0.3, -0.25) is 0 Å². The average Bonchev–Trinajstić information content (AvgIpc) is 2.75. The molecule has 5 N–H and O–H groups in total. The van der Waals surface area contributed by atoms with Crippen molar-refractivity contribution in [2.24, 2.45) is 5.73 Å². The fourth-order valence-corrected chi connectivity index (χ4v) is 1.69. The lowest BCUT2D eigenvalue weighted by Crippen LogP contribution is -2.21. The molecule has 0 saturated heterocycles. The van der Waals surface area contributed by atoms with E-state index in [1.54, 1.807) is 24.5 Å². The molecule has 86 valence electrons. The molecule has 2 rings (SSSR count). The number of aliphatic hydroxyl groups is 2. The molecule has 2 aromatic rings. The number of benzene rings is 1. The molecule has 1 aromatic carbocycles. The van der Waals surface area contributed by atoms with E-state index in [4.69, 9.17) is 5.73 Å². The molecular weight excluding hydrogens is 206 g/mol. The summed E-state index contributed by atoms with van der Waals surface area (Å²) in [6, 6.07) is 5.35. The number of fused-ring (bicyclic) bond motifs is 1. The van der Waals surface area contributed by atoms with E-state index in [0.717, 1.165) is 11.0 Å². The second kappa shape index (κ2) is 4.61. The van der Waals surface area contributed by atoms with Crippen LogP contribution in [-0.2, 0) is 0 Å². The Kier molecular flexibility index (Phi) is 3.19. The summed E-state index contributed by atoms with van der Waals surface area (Å²) in [5.41, 5.74) is 7.68. The first-order valence-corrected chi connectivity index (χ1v) is 5.21. The van der Waals surface area contributed by atoms with Crippen LogP contribution in [0.1, 0.15) is 18.1 Å². The Labute approximate surface area is 92.9 Å². The first-order valence-electron chi connectivity index (χ1n) is 5.21. The van der Waals surface area contributed by atoms with Crippen LogP contribution < -0.4 is 5.73 Å². The molecule has 0 aliphatic rings. The Morgan fingerprint density at radius 3 is 2.94 bits per heavy atom. The van der Waals surface area contributed by atoms with Crippen molar-refractivity contribution in [2.45, 2.75) is 18.6 Å². The summed E-state index contributed by atoms with van der Waals surface area (Å²) >= 11 is 0. The molecule has 2 unspecified atom stereocenters. The zero-order valence-electron chi connectivity index (χ0n) is 8.80. The van der Waals surface area contributed by atoms with Gasteiger partial charge in [-0.05, 0) is 30.7 Å². The third-order valence-corrected chi connectivity index (χ3v) is 2.61. The molecule has 5 nitrogen and oxygen atoms in total. The third kappa shape index (κ3) is 2.06. The SMILES string of the molecule is NCCC(O)C(O)c1ccc2nc[nH]c2c1. The molecule has 0 bridgehead atoms. The maximum absolute atomic E-state index is 9.88. The Hall–Kier alpha value is -1.43. The summed E-state index contributed by atoms with van der Waals surface area (Å²) in [6.45, 7) is 0.352. The van der Waals surface area contributed by atoms with Crippen LogP contribution >= 0.6 is 0 Å². The normalized spacial score (nSPS) is 15.2. The Morgan fingerprint density at radius 2 is 2.19 bits per heavy atom. The number of imidazole rings is 1. The predicted octanol–water partition coefficient (Wildman–Crippen LogP) is 0.306. The number of nitrogens with one attached hydrogen (secondary N) is 1. The fraction of sp³-hybridized carbons (Fsp3) is 0.364. The van der Waals surface area contributed by atoms with Gasteiger partial charge in [-0.1, -0.05) is 6.07 Å². The van der Waals surface area contributed by atoms with Crippen LogP contribution in [0.25, 0.3) is 11.0 Å². The van der Waals surface area contributed by atoms with Crippen LogP contribution in [-0.4, -0.2) is 32.8 Å². The quantitative estimate of drug-likeness (QED) is 0.597. The highest BCUT2D eigenvalue weighted by molar-refractivity contribution is 5.75. The Balaban J connectivity index is 2.24. The van der Waals surface area contributed by atoms with E-state index in [-0.39, 0.29) is 0 Å². The highest BCUT2D eigenvalue weighted by atomic mass is 16.3. The van der Waals surface area contributed by atoms with Gasteiger partial charge in [0.05, 0.1) is 23.5 Å². The highest BCUT2D eigenvalue weighted by Crippen LogP contribution is 2.21. The smallest absolute Gasteiger partial charge is 0.105 e. The minimum absolute atomic E-state index is 0.352. The molecule has 0 fully saturated rings. The average molecular weight is 221 g/mol. The fourth-order valence-electron chi connectivity index (χ4n) is 1.69. The summed E-state index contributed by atoms with van der Waals surface area (Å²) in [6.07, 6.45) is 0.237. The number of hydrogen-bond donors (Lipinski definition) is 4. The molecule has 0 aliphatic heterocycles. The number of aliphatic hydroxyl groups excluding tert-OH is 2. The molecule has 0 amide bonds. The number of rotatable bonds is 4. The molecule has 1 heterocycles. The summed E-state index contributed by atoms with van der Waals surface area (Å²) in [5, 5.41) is 19.5. The van der Waals surface area contributed by atoms with E-state index < -0.39 is 12.2 Å². The molecule has 0 spiro atoms. The van der Waals surface area contributed by atoms with Crippen molar-refractivity contribution in [1.82, 2.24) is 9.97 Å². The van der Waals surface area contributed by atoms with Gasteiger partial charge in [-0.25, -0.2) is 4.98 Å². The summed E-state index contributed by atoms with van der Waals surface area (Å²) in [5.74, 6) is 0. The second-order valence-corrected chi connectivity index (χ2v) is 3.77. The standard InChI is InChI=1S/C11H15N3O2/c12-4-3-10(15)11(16)7-1-2-8-9(5-7)14-6-13-8/h1-2,5-6,10-11,15-16H,3-4,12H2,(H,13,14). The summed E-state index contributed by atoms with van der Waals surface area (Å²) in [4.78, 5) is 7.04. The van der Waals surface area contributed by atoms with Crippen molar-refractivity contribution < 1.29 is 10.2 Å². The minimum atomic E-state index is -0.906. The van der Waals surface area contributed by atoms with Gasteiger partial charge >= 0.3 is 0 Å². The minimum Gasteiger partial charge on any atom is -0.390 e. The van der Waals surface area contributed by atoms with Crippen LogP contribution in [0.5, 0.6) is 0 Å². The monoisotopic (exact) mass is 221 g/mol. The van der Waals surface area contributed by atoms with Crippen LogP contribution in [0.4, 0.5) is 0 Å². The maximum atomic E-state index is 9.88. The van der Waals surface area contributed by atoms with Gasteiger partial charge in [0.1, 0.15) is 6.10 Å². The van der Waals surface area contributed by atoms with E-state index in [1.807, 2.05) is 0 Å². The number of nitrogens with zero attached hydrogens (tertiary/aromatic N) is 1. The van der Waals surface area contributed by atoms with Crippen molar-refractivity contribution in [1.29, 1.82) is 0 Å². The van der Waals surface area contributed by atoms with Crippen LogP contribution in [0, 0.1) is 0 Å². The van der Waals surface area contributed by atoms with Gasteiger partial charge in [0.2, 0.25) is 0 Å². The van der Waals surface area contributed by atoms with E-state index >= 15 is 0 Å². The summed E-state index contributed by atoms with van der Waals surface area (Å²) < 4.78 is 0. The van der Waals surface area contributed by atoms with Crippen molar-refractivity contribution in [3.05, 3.63) is 30.1 Å². The molecule has 1 aromatic heterocycles. The molecular formula is C11H15N3O2. The number of nitrogens with two attached hydrogens (primary N) is 1. The van der Waals surface area contributed by atoms with E-state index in [9.17, 15) is 10.2 Å². The largest absolute Gasteiger partial charge is 0.390 e. The Morgan fingerprint density at radius 1 is 1.38 bits per heavy atom. The third-order valence-electron chi connectivity index (χ3n) is 2.61. The van der Waals surface area contributed by atoms with Gasteiger partial charge in [0, 0.05) is 0 Å². The zero-order chi connectivity index (χ0) is 11.5. The molecule has 5 heteroatoms. The van der Waals surface area contributed by atoms with E-state index in [2.05, 4.69) is 9.97 Å². The molecule has 0 aliphatic carbocycles. The van der Waals surface area contributed by atoms with Gasteiger partial charge in [0.25, 0.3) is 0 Å². The zero-order valence-corrected chi connectivity index (χ0v) is 8.80. The lowest BCUT2D eigenvalue weighted by atomic mass is 10.0. The van der Waals surface area contributed by atoms with Crippen molar-refractivity contribution in [3.8, 4) is 0 Å². The lowest BCUT2D eigenvalue weighted by molar-refractivity contribution is 0.0151. The molecule has 0 radical (unpaired) electrons. The van der Waals surface area contributed by atoms with Crippen LogP contribution in [0.2, 0.25) is 0 Å². The highest BCUT2D eigenvalue weighted by Gasteiger charge is 2.17. The van der Waals surface area contributed by atoms with Gasteiger partial charge in [0.15, 0.2) is 0 Å². The Bertz CT molecular complexity index is 469. The van der Waals surface area contributed by atoms with E-state index in [0.29, 0.717) is 18.5 Å². The molecule has 0 saturated carbocycles. The van der Waals surface area contributed by atoms with Gasteiger partial charge in [-0.2, -0.15) is 0 Å². The molecule has 16 heavy (non-hydrogen) atoms. The van der Waals surface area contributed by atoms with Gasteiger partial charge in [-0.15, -0.1) is 0 Å². The van der Waals surface area contributed by atoms with Gasteiger partial charge < -0.3 is 20.9 Å². The predicted molar refractivity (Wildman–Crippen MR) is 60.7 cm³/mol. The number of aromatic amines is 1. The first-order chi connectivity index (χ1) is 7.72. The van der Waals surface area contributed by atoms with Crippen molar-refractivity contribution in [3.63, 3.8) is 0 Å². The summed E-state index contributed by atoms with van der Waals surface area (Å²) in [7, 11) is 0.